The van der Waals surface area contributed by atoms with Crippen LogP contribution in [0.5, 0.6) is 11.5 Å². The van der Waals surface area contributed by atoms with Crippen molar-refractivity contribution in [3.63, 3.8) is 0 Å². The van der Waals surface area contributed by atoms with E-state index in [0.29, 0.717) is 5.16 Å². The number of aryl methyl sites for hydroxylation is 1. The fourth-order valence-electron chi connectivity index (χ4n) is 2.61. The van der Waals surface area contributed by atoms with E-state index in [1.807, 2.05) is 32.0 Å². The van der Waals surface area contributed by atoms with Gasteiger partial charge in [0, 0.05) is 23.4 Å². The maximum Gasteiger partial charge on any atom is 2.00 e. The zero-order valence-corrected chi connectivity index (χ0v) is 19.1. The summed E-state index contributed by atoms with van der Waals surface area (Å²) >= 11 is 0. The summed E-state index contributed by atoms with van der Waals surface area (Å²) < 4.78 is 23.3. The fraction of sp³-hybridized carbons (Fsp3) is 0.294. The minimum atomic E-state index is -1.33. The van der Waals surface area contributed by atoms with Crippen LogP contribution in [0.25, 0.3) is 11.0 Å². The van der Waals surface area contributed by atoms with Gasteiger partial charge in [0.15, 0.2) is 5.16 Å². The van der Waals surface area contributed by atoms with Crippen molar-refractivity contribution in [3.8, 4) is 11.5 Å². The molecule has 26 heavy (non-hydrogen) atoms. The van der Waals surface area contributed by atoms with Gasteiger partial charge in [0.25, 0.3) is 0 Å². The summed E-state index contributed by atoms with van der Waals surface area (Å²) in [4.78, 5) is 11.9. The quantitative estimate of drug-likeness (QED) is 0.669. The zero-order valence-electron chi connectivity index (χ0n) is 19.5. The molecule has 0 aliphatic heterocycles. The van der Waals surface area contributed by atoms with E-state index >= 15 is 0 Å². The summed E-state index contributed by atoms with van der Waals surface area (Å²) in [7, 11) is 1.91. The average Bonchev–Trinajstić information content (AvgIpc) is 3.01. The molecule has 0 fully saturated rings. The topological polar surface area (TPSA) is 77.1 Å². The van der Waals surface area contributed by atoms with Gasteiger partial charge in [-0.1, -0.05) is 0 Å². The standard InChI is InChI=1S/C17H19N3O3S.2Mg.4H/c1-10-8-18-15(11(2)16(10)23-4)9-24(21)17-19-13-6-5-12(22-3)7-14(13)20-17;;;;;;/h5-8H,9H2,1-4H3,(H,19,20);;;;;;/q;2*+2;4*-1/t24-;;;;;;/m0....../s1. The van der Waals surface area contributed by atoms with Crippen molar-refractivity contribution in [3.05, 3.63) is 41.2 Å². The van der Waals surface area contributed by atoms with Gasteiger partial charge in [0.05, 0.1) is 47.5 Å². The first-order valence-corrected chi connectivity index (χ1v) is 8.76. The Hall–Kier alpha value is -0.878. The number of nitrogens with one attached hydrogen (secondary N) is 1. The SMILES string of the molecule is COc1ccc2nc([S@@](=O)Cc3ncc(C)c(OC)c3C)[nH]c2c1.[H-].[H-].[H-].[H-].[Mg+2].[Mg+2]. The van der Waals surface area contributed by atoms with Crippen LogP contribution >= 0.6 is 0 Å². The number of H-pyrrole nitrogens is 1. The predicted octanol–water partition coefficient (Wildman–Crippen LogP) is 2.59. The van der Waals surface area contributed by atoms with Crippen LogP contribution < -0.4 is 9.47 Å². The van der Waals surface area contributed by atoms with Crippen LogP contribution in [0.15, 0.2) is 29.6 Å². The Morgan fingerprint density at radius 2 is 1.92 bits per heavy atom. The monoisotopic (exact) mass is 397 g/mol. The molecule has 0 bridgehead atoms. The Balaban J connectivity index is -0.000000563. The summed E-state index contributed by atoms with van der Waals surface area (Å²) in [6.07, 6.45) is 1.74. The summed E-state index contributed by atoms with van der Waals surface area (Å²) in [5, 5.41) is 0.430. The van der Waals surface area contributed by atoms with Crippen molar-refractivity contribution in [1.82, 2.24) is 15.0 Å². The number of fused-ring (bicyclic) bond motifs is 1. The number of hydrogen-bond acceptors (Lipinski definition) is 5. The predicted molar refractivity (Wildman–Crippen MR) is 109 cm³/mol. The Morgan fingerprint density at radius 3 is 2.58 bits per heavy atom. The molecule has 0 saturated heterocycles. The van der Waals surface area contributed by atoms with E-state index in [2.05, 4.69) is 15.0 Å². The zero-order chi connectivity index (χ0) is 17.3. The third-order valence-electron chi connectivity index (χ3n) is 3.90. The minimum Gasteiger partial charge on any atom is -1.00 e. The average molecular weight is 398 g/mol. The molecule has 0 spiro atoms. The van der Waals surface area contributed by atoms with E-state index in [1.54, 1.807) is 20.4 Å². The molecule has 9 heteroatoms. The van der Waals surface area contributed by atoms with E-state index in [-0.39, 0.29) is 57.6 Å². The maximum atomic E-state index is 12.7. The summed E-state index contributed by atoms with van der Waals surface area (Å²) in [6.45, 7) is 3.86. The second-order valence-electron chi connectivity index (χ2n) is 5.46. The Kier molecular flexibility index (Phi) is 8.81. The van der Waals surface area contributed by atoms with Crippen LogP contribution in [0.2, 0.25) is 0 Å². The van der Waals surface area contributed by atoms with Gasteiger partial charge in [-0.15, -0.1) is 0 Å². The third-order valence-corrected chi connectivity index (χ3v) is 5.06. The van der Waals surface area contributed by atoms with Gasteiger partial charge < -0.3 is 20.2 Å². The van der Waals surface area contributed by atoms with E-state index in [4.69, 9.17) is 9.47 Å². The van der Waals surface area contributed by atoms with Gasteiger partial charge in [-0.05, 0) is 26.0 Å². The van der Waals surface area contributed by atoms with Crippen molar-refractivity contribution in [2.45, 2.75) is 24.8 Å². The van der Waals surface area contributed by atoms with Gasteiger partial charge in [-0.3, -0.25) is 9.19 Å². The van der Waals surface area contributed by atoms with Crippen LogP contribution in [0.4, 0.5) is 0 Å². The van der Waals surface area contributed by atoms with Crippen molar-refractivity contribution < 1.29 is 19.4 Å². The first kappa shape index (κ1) is 23.2. The van der Waals surface area contributed by atoms with E-state index < -0.39 is 10.8 Å². The normalized spacial score (nSPS) is 11.4. The van der Waals surface area contributed by atoms with Crippen LogP contribution in [-0.4, -0.2) is 79.5 Å². The van der Waals surface area contributed by atoms with Gasteiger partial charge in [0.1, 0.15) is 11.5 Å². The first-order chi connectivity index (χ1) is 11.5. The largest absolute Gasteiger partial charge is 2.00 e. The third kappa shape index (κ3) is 4.69. The molecule has 0 aliphatic carbocycles. The van der Waals surface area contributed by atoms with E-state index in [9.17, 15) is 4.21 Å². The molecule has 2 heterocycles. The molecule has 6 nitrogen and oxygen atoms in total. The smallest absolute Gasteiger partial charge is 1.00 e. The van der Waals surface area contributed by atoms with Crippen LogP contribution in [-0.2, 0) is 16.6 Å². The molecule has 3 aromatic rings. The Labute approximate surface area is 193 Å². The van der Waals surface area contributed by atoms with Crippen molar-refractivity contribution in [2.24, 2.45) is 0 Å². The number of pyridine rings is 1. The van der Waals surface area contributed by atoms with Crippen molar-refractivity contribution >= 4 is 67.9 Å². The molecule has 1 N–H and O–H groups in total. The second-order valence-corrected chi connectivity index (χ2v) is 6.83. The number of methoxy groups -OCH3 is 2. The molecular weight excluding hydrogens is 375 g/mol. The summed E-state index contributed by atoms with van der Waals surface area (Å²) in [5.41, 5.74) is 4.16. The molecule has 0 unspecified atom stereocenters. The molecular formula is C17H23Mg2N3O3S. The summed E-state index contributed by atoms with van der Waals surface area (Å²) in [6, 6.07) is 5.50. The molecule has 0 radical (unpaired) electrons. The van der Waals surface area contributed by atoms with E-state index in [0.717, 1.165) is 39.4 Å². The number of ether oxygens (including phenoxy) is 2. The number of imidazole rings is 1. The van der Waals surface area contributed by atoms with Gasteiger partial charge >= 0.3 is 46.1 Å². The molecule has 3 rings (SSSR count). The number of hydrogen-bond donors (Lipinski definition) is 1. The molecule has 2 aromatic heterocycles. The van der Waals surface area contributed by atoms with Gasteiger partial charge in [-0.25, -0.2) is 4.98 Å². The first-order valence-electron chi connectivity index (χ1n) is 7.44. The number of nitrogens with zero attached hydrogens (tertiary/aromatic N) is 2. The molecule has 0 amide bonds. The number of rotatable bonds is 5. The molecule has 134 valence electrons. The second kappa shape index (κ2) is 9.88. The number of aromatic nitrogens is 3. The number of aromatic amines is 1. The molecule has 1 aromatic carbocycles. The van der Waals surface area contributed by atoms with E-state index in [1.165, 1.54) is 0 Å². The fourth-order valence-corrected chi connectivity index (χ4v) is 3.71. The molecule has 1 atom stereocenters. The molecule has 0 saturated carbocycles. The number of benzene rings is 1. The van der Waals surface area contributed by atoms with Crippen LogP contribution in [0.1, 0.15) is 22.5 Å². The minimum absolute atomic E-state index is 0. The maximum absolute atomic E-state index is 12.7. The van der Waals surface area contributed by atoms with Crippen molar-refractivity contribution in [1.29, 1.82) is 0 Å². The summed E-state index contributed by atoms with van der Waals surface area (Å²) in [5.74, 6) is 1.79. The van der Waals surface area contributed by atoms with Gasteiger partial charge in [0.2, 0.25) is 0 Å². The van der Waals surface area contributed by atoms with Gasteiger partial charge in [-0.2, -0.15) is 0 Å². The van der Waals surface area contributed by atoms with Crippen molar-refractivity contribution in [2.75, 3.05) is 14.2 Å². The van der Waals surface area contributed by atoms with Crippen LogP contribution in [0, 0.1) is 13.8 Å². The van der Waals surface area contributed by atoms with Crippen LogP contribution in [0.3, 0.4) is 0 Å². The molecule has 0 aliphatic rings. The Bertz CT molecular complexity index is 948. The Morgan fingerprint density at radius 1 is 1.19 bits per heavy atom.